The maximum Gasteiger partial charge on any atom is 0.231 e. The molecule has 0 atom stereocenters. The lowest BCUT2D eigenvalue weighted by molar-refractivity contribution is 0.173. The van der Waals surface area contributed by atoms with E-state index in [1.54, 1.807) is 0 Å². The number of nitrogens with zero attached hydrogens (tertiary/aromatic N) is 1. The van der Waals surface area contributed by atoms with E-state index in [4.69, 9.17) is 23.7 Å². The summed E-state index contributed by atoms with van der Waals surface area (Å²) in [6.45, 7) is 6.27. The van der Waals surface area contributed by atoms with Gasteiger partial charge in [-0.3, -0.25) is 4.90 Å². The van der Waals surface area contributed by atoms with Crippen molar-refractivity contribution in [3.63, 3.8) is 0 Å². The fourth-order valence-corrected chi connectivity index (χ4v) is 3.09. The van der Waals surface area contributed by atoms with Crippen LogP contribution in [0, 0.1) is 0 Å². The van der Waals surface area contributed by atoms with Crippen LogP contribution in [0.15, 0.2) is 36.4 Å². The molecule has 26 heavy (non-hydrogen) atoms. The van der Waals surface area contributed by atoms with Gasteiger partial charge in [-0.1, -0.05) is 13.0 Å². The Morgan fingerprint density at radius 2 is 1.58 bits per heavy atom. The highest BCUT2D eigenvalue weighted by molar-refractivity contribution is 5.47. The van der Waals surface area contributed by atoms with E-state index in [1.165, 1.54) is 5.56 Å². The highest BCUT2D eigenvalue weighted by Crippen LogP contribution is 2.35. The molecule has 0 N–H and O–H groups in total. The number of hydrogen-bond acceptors (Lipinski definition) is 6. The Balaban J connectivity index is 1.24. The van der Waals surface area contributed by atoms with Crippen LogP contribution >= 0.6 is 0 Å². The highest BCUT2D eigenvalue weighted by Gasteiger charge is 2.15. The van der Waals surface area contributed by atoms with Crippen LogP contribution in [-0.2, 0) is 6.54 Å². The summed E-state index contributed by atoms with van der Waals surface area (Å²) in [4.78, 5) is 2.39. The lowest BCUT2D eigenvalue weighted by Crippen LogP contribution is -2.25. The van der Waals surface area contributed by atoms with E-state index in [1.807, 2.05) is 24.3 Å². The average molecular weight is 357 g/mol. The summed E-state index contributed by atoms with van der Waals surface area (Å²) in [5.41, 5.74) is 1.23. The average Bonchev–Trinajstić information content (AvgIpc) is 3.32. The van der Waals surface area contributed by atoms with Gasteiger partial charge in [0, 0.05) is 19.2 Å². The van der Waals surface area contributed by atoms with Gasteiger partial charge in [-0.25, -0.2) is 0 Å². The van der Waals surface area contributed by atoms with Crippen LogP contribution in [0.25, 0.3) is 0 Å². The molecule has 0 bridgehead atoms. The van der Waals surface area contributed by atoms with Crippen molar-refractivity contribution in [3.05, 3.63) is 42.0 Å². The Hall–Kier alpha value is -2.60. The van der Waals surface area contributed by atoms with Crippen molar-refractivity contribution in [2.24, 2.45) is 0 Å². The van der Waals surface area contributed by atoms with Crippen LogP contribution in [-0.4, -0.2) is 38.2 Å². The molecule has 2 aromatic rings. The molecule has 2 aliphatic rings. The van der Waals surface area contributed by atoms with Gasteiger partial charge >= 0.3 is 0 Å². The van der Waals surface area contributed by atoms with Crippen LogP contribution < -0.4 is 23.7 Å². The largest absolute Gasteiger partial charge is 0.493 e. The van der Waals surface area contributed by atoms with E-state index in [0.29, 0.717) is 13.4 Å². The summed E-state index contributed by atoms with van der Waals surface area (Å²) in [7, 11) is 0. The van der Waals surface area contributed by atoms with Crippen molar-refractivity contribution in [3.8, 4) is 28.7 Å². The molecule has 0 saturated heterocycles. The van der Waals surface area contributed by atoms with Gasteiger partial charge in [0.2, 0.25) is 13.6 Å². The molecule has 4 rings (SSSR count). The molecule has 0 aliphatic carbocycles. The van der Waals surface area contributed by atoms with E-state index in [9.17, 15) is 0 Å². The lowest BCUT2D eigenvalue weighted by atomic mass is 10.2. The molecular weight excluding hydrogens is 334 g/mol. The molecule has 0 amide bonds. The van der Waals surface area contributed by atoms with E-state index in [0.717, 1.165) is 54.8 Å². The predicted molar refractivity (Wildman–Crippen MR) is 96.2 cm³/mol. The third-order valence-electron chi connectivity index (χ3n) is 4.52. The van der Waals surface area contributed by atoms with E-state index < -0.39 is 0 Å². The van der Waals surface area contributed by atoms with Crippen molar-refractivity contribution in [2.75, 3.05) is 33.3 Å². The van der Waals surface area contributed by atoms with Gasteiger partial charge < -0.3 is 23.7 Å². The highest BCUT2D eigenvalue weighted by atomic mass is 16.7. The zero-order chi connectivity index (χ0) is 17.8. The minimum Gasteiger partial charge on any atom is -0.493 e. The molecule has 6 nitrogen and oxygen atoms in total. The Morgan fingerprint density at radius 1 is 0.885 bits per heavy atom. The second-order valence-electron chi connectivity index (χ2n) is 6.27. The maximum absolute atomic E-state index is 5.84. The maximum atomic E-state index is 5.84. The lowest BCUT2D eigenvalue weighted by Gasteiger charge is -2.20. The Morgan fingerprint density at radius 3 is 2.35 bits per heavy atom. The quantitative estimate of drug-likeness (QED) is 0.675. The zero-order valence-electron chi connectivity index (χ0n) is 14.9. The number of ether oxygens (including phenoxy) is 5. The normalized spacial score (nSPS) is 14.1. The topological polar surface area (TPSA) is 49.4 Å². The van der Waals surface area contributed by atoms with Crippen molar-refractivity contribution < 1.29 is 23.7 Å². The molecule has 2 heterocycles. The Bertz CT molecular complexity index is 764. The molecule has 2 aromatic carbocycles. The minimum atomic E-state index is 0.282. The summed E-state index contributed by atoms with van der Waals surface area (Å²) < 4.78 is 27.3. The Kier molecular flexibility index (Phi) is 5.02. The smallest absolute Gasteiger partial charge is 0.231 e. The van der Waals surface area contributed by atoms with Gasteiger partial charge in [-0.15, -0.1) is 0 Å². The zero-order valence-corrected chi connectivity index (χ0v) is 14.9. The van der Waals surface area contributed by atoms with Gasteiger partial charge in [0.05, 0.1) is 6.61 Å². The summed E-state index contributed by atoms with van der Waals surface area (Å²) in [5.74, 6) is 4.01. The fraction of sp³-hybridized carbons (Fsp3) is 0.400. The summed E-state index contributed by atoms with van der Waals surface area (Å²) in [5, 5.41) is 0. The van der Waals surface area contributed by atoms with Gasteiger partial charge in [-0.2, -0.15) is 0 Å². The second kappa shape index (κ2) is 7.74. The van der Waals surface area contributed by atoms with Gasteiger partial charge in [0.25, 0.3) is 0 Å². The van der Waals surface area contributed by atoms with E-state index >= 15 is 0 Å². The fourth-order valence-electron chi connectivity index (χ4n) is 3.09. The van der Waals surface area contributed by atoms with E-state index in [2.05, 4.69) is 24.0 Å². The van der Waals surface area contributed by atoms with Crippen molar-refractivity contribution in [1.29, 1.82) is 0 Å². The molecule has 0 spiro atoms. The first-order valence-corrected chi connectivity index (χ1v) is 8.95. The minimum absolute atomic E-state index is 0.282. The van der Waals surface area contributed by atoms with Crippen molar-refractivity contribution in [2.45, 2.75) is 19.9 Å². The van der Waals surface area contributed by atoms with E-state index in [-0.39, 0.29) is 6.79 Å². The molecular formula is C20H23NO5. The first kappa shape index (κ1) is 16.8. The molecule has 0 saturated carbocycles. The summed E-state index contributed by atoms with van der Waals surface area (Å²) in [6, 6.07) is 11.8. The molecule has 2 aliphatic heterocycles. The molecule has 0 aromatic heterocycles. The second-order valence-corrected chi connectivity index (χ2v) is 6.27. The van der Waals surface area contributed by atoms with Crippen LogP contribution in [0.2, 0.25) is 0 Å². The van der Waals surface area contributed by atoms with Gasteiger partial charge in [0.15, 0.2) is 23.0 Å². The van der Waals surface area contributed by atoms with Crippen molar-refractivity contribution in [1.82, 2.24) is 4.90 Å². The third-order valence-corrected chi connectivity index (χ3v) is 4.52. The standard InChI is InChI=1S/C20H23NO5/c1-2-21(12-15-4-6-17-19(10-15)25-13-23-17)8-3-9-22-16-5-7-18-20(11-16)26-14-24-18/h4-7,10-11H,2-3,8-9,12-14H2,1H3. The number of benzene rings is 2. The number of rotatable bonds is 8. The van der Waals surface area contributed by atoms with Crippen LogP contribution in [0.5, 0.6) is 28.7 Å². The molecule has 0 fully saturated rings. The first-order valence-electron chi connectivity index (χ1n) is 8.95. The molecule has 138 valence electrons. The van der Waals surface area contributed by atoms with Crippen molar-refractivity contribution >= 4 is 0 Å². The first-order chi connectivity index (χ1) is 12.8. The number of hydrogen-bond donors (Lipinski definition) is 0. The molecule has 6 heteroatoms. The third kappa shape index (κ3) is 3.80. The molecule has 0 unspecified atom stereocenters. The number of fused-ring (bicyclic) bond motifs is 2. The Labute approximate surface area is 153 Å². The predicted octanol–water partition coefficient (Wildman–Crippen LogP) is 3.44. The summed E-state index contributed by atoms with van der Waals surface area (Å²) >= 11 is 0. The van der Waals surface area contributed by atoms with Crippen LogP contribution in [0.3, 0.4) is 0 Å². The SMILES string of the molecule is CCN(CCCOc1ccc2c(c1)OCO2)Cc1ccc2c(c1)OCO2. The summed E-state index contributed by atoms with van der Waals surface area (Å²) in [6.07, 6.45) is 0.951. The van der Waals surface area contributed by atoms with Gasteiger partial charge in [0.1, 0.15) is 5.75 Å². The van der Waals surface area contributed by atoms with Crippen LogP contribution in [0.4, 0.5) is 0 Å². The monoisotopic (exact) mass is 357 g/mol. The van der Waals surface area contributed by atoms with Gasteiger partial charge in [-0.05, 0) is 42.8 Å². The van der Waals surface area contributed by atoms with Crippen LogP contribution in [0.1, 0.15) is 18.9 Å². The molecule has 0 radical (unpaired) electrons.